The van der Waals surface area contributed by atoms with Crippen molar-refractivity contribution >= 4 is 33.2 Å². The summed E-state index contributed by atoms with van der Waals surface area (Å²) in [7, 11) is -0.855. The Kier molecular flexibility index (Phi) is 6.91. The third kappa shape index (κ3) is 4.92. The van der Waals surface area contributed by atoms with E-state index in [-0.39, 0.29) is 23.3 Å². The highest BCUT2D eigenvalue weighted by Crippen LogP contribution is 2.36. The fraction of sp³-hybridized carbons (Fsp3) is 0.417. The zero-order valence-corrected chi connectivity index (χ0v) is 20.9. The Bertz CT molecular complexity index is 1260. The van der Waals surface area contributed by atoms with Gasteiger partial charge >= 0.3 is 0 Å². The van der Waals surface area contributed by atoms with E-state index >= 15 is 0 Å². The molecule has 0 bridgehead atoms. The van der Waals surface area contributed by atoms with E-state index in [2.05, 4.69) is 10.6 Å². The number of aryl methyl sites for hydroxylation is 1. The average molecular weight is 504 g/mol. The first kappa shape index (κ1) is 24.8. The predicted octanol–water partition coefficient (Wildman–Crippen LogP) is 2.77. The average Bonchev–Trinajstić information content (AvgIpc) is 2.84. The summed E-state index contributed by atoms with van der Waals surface area (Å²) in [5, 5.41) is 5.58. The quantitative estimate of drug-likeness (QED) is 0.621. The van der Waals surface area contributed by atoms with E-state index in [9.17, 15) is 18.0 Å². The minimum atomic E-state index is -3.89. The Hall–Kier alpha value is -3.31. The van der Waals surface area contributed by atoms with Crippen LogP contribution < -0.4 is 24.8 Å². The van der Waals surface area contributed by atoms with E-state index in [1.807, 2.05) is 0 Å². The number of hydrogen-bond donors (Lipinski definition) is 2. The standard InChI is InChI=1S/C24H29N3O7S/c1-14-10-18-20(34-15(2)23(28)26-18)12-22(14)35(30,31)27-9-5-6-16(13-27)24(29)25-17-7-8-19(32-3)21(11-17)33-4/h7-8,10-12,15-16H,5-6,9,13H2,1-4H3,(H,25,29)(H,26,28)/t15-,16-/m0/s1. The molecule has 2 heterocycles. The monoisotopic (exact) mass is 503 g/mol. The predicted molar refractivity (Wildman–Crippen MR) is 130 cm³/mol. The second-order valence-electron chi connectivity index (χ2n) is 8.62. The van der Waals surface area contributed by atoms with Gasteiger partial charge in [-0.1, -0.05) is 0 Å². The summed E-state index contributed by atoms with van der Waals surface area (Å²) < 4.78 is 44.5. The lowest BCUT2D eigenvalue weighted by atomic mass is 9.98. The van der Waals surface area contributed by atoms with Gasteiger partial charge in [0.2, 0.25) is 15.9 Å². The van der Waals surface area contributed by atoms with Crippen molar-refractivity contribution in [1.82, 2.24) is 4.31 Å². The molecule has 0 saturated carbocycles. The molecule has 2 aliphatic heterocycles. The van der Waals surface area contributed by atoms with E-state index in [4.69, 9.17) is 14.2 Å². The topological polar surface area (TPSA) is 123 Å². The van der Waals surface area contributed by atoms with Gasteiger partial charge in [-0.05, 0) is 50.5 Å². The van der Waals surface area contributed by atoms with Crippen LogP contribution >= 0.6 is 0 Å². The summed E-state index contributed by atoms with van der Waals surface area (Å²) in [6.07, 6.45) is 0.401. The van der Waals surface area contributed by atoms with Crippen LogP contribution in [0.1, 0.15) is 25.3 Å². The molecule has 0 aliphatic carbocycles. The van der Waals surface area contributed by atoms with Gasteiger partial charge in [-0.3, -0.25) is 9.59 Å². The number of amides is 2. The van der Waals surface area contributed by atoms with Gasteiger partial charge in [0, 0.05) is 30.9 Å². The fourth-order valence-corrected chi connectivity index (χ4v) is 6.04. The number of carbonyl (C=O) groups is 2. The minimum absolute atomic E-state index is 0.0615. The SMILES string of the molecule is COc1ccc(NC(=O)[C@H]2CCCN(S(=O)(=O)c3cc4c(cc3C)NC(=O)[C@H](C)O4)C2)cc1OC. The summed E-state index contributed by atoms with van der Waals surface area (Å²) in [5.41, 5.74) is 1.46. The summed E-state index contributed by atoms with van der Waals surface area (Å²) >= 11 is 0. The number of piperidine rings is 1. The summed E-state index contributed by atoms with van der Waals surface area (Å²) in [5.74, 6) is 0.264. The van der Waals surface area contributed by atoms with Gasteiger partial charge in [0.25, 0.3) is 5.91 Å². The minimum Gasteiger partial charge on any atom is -0.493 e. The van der Waals surface area contributed by atoms with Crippen LogP contribution in [-0.2, 0) is 19.6 Å². The third-order valence-electron chi connectivity index (χ3n) is 6.23. The molecule has 1 fully saturated rings. The first-order valence-corrected chi connectivity index (χ1v) is 12.7. The van der Waals surface area contributed by atoms with E-state index in [0.29, 0.717) is 53.6 Å². The number of nitrogens with one attached hydrogen (secondary N) is 2. The number of hydrogen-bond acceptors (Lipinski definition) is 7. The lowest BCUT2D eigenvalue weighted by Crippen LogP contribution is -2.44. The van der Waals surface area contributed by atoms with Gasteiger partial charge in [-0.15, -0.1) is 0 Å². The Labute approximate surface area is 204 Å². The molecule has 188 valence electrons. The number of ether oxygens (including phenoxy) is 3. The van der Waals surface area contributed by atoms with Gasteiger partial charge < -0.3 is 24.8 Å². The summed E-state index contributed by atoms with van der Waals surface area (Å²) in [6, 6.07) is 8.09. The molecule has 2 aromatic carbocycles. The summed E-state index contributed by atoms with van der Waals surface area (Å²) in [4.78, 5) is 25.0. The molecule has 2 N–H and O–H groups in total. The van der Waals surface area contributed by atoms with Crippen LogP contribution in [0.2, 0.25) is 0 Å². The molecule has 2 amide bonds. The van der Waals surface area contributed by atoms with E-state index in [1.165, 1.54) is 24.6 Å². The molecule has 35 heavy (non-hydrogen) atoms. The van der Waals surface area contributed by atoms with Crippen molar-refractivity contribution in [3.63, 3.8) is 0 Å². The number of sulfonamides is 1. The first-order chi connectivity index (χ1) is 16.6. The molecule has 0 unspecified atom stereocenters. The van der Waals surface area contributed by atoms with Crippen molar-refractivity contribution < 1.29 is 32.2 Å². The Balaban J connectivity index is 1.52. The first-order valence-electron chi connectivity index (χ1n) is 11.3. The Morgan fingerprint density at radius 3 is 2.63 bits per heavy atom. The maximum absolute atomic E-state index is 13.5. The second-order valence-corrected chi connectivity index (χ2v) is 10.5. The van der Waals surface area contributed by atoms with E-state index in [0.717, 1.165) is 0 Å². The molecule has 1 saturated heterocycles. The lowest BCUT2D eigenvalue weighted by Gasteiger charge is -2.32. The second kappa shape index (κ2) is 9.74. The van der Waals surface area contributed by atoms with Crippen molar-refractivity contribution in [2.45, 2.75) is 37.7 Å². The maximum Gasteiger partial charge on any atom is 0.265 e. The lowest BCUT2D eigenvalue weighted by molar-refractivity contribution is -0.123. The largest absolute Gasteiger partial charge is 0.493 e. The van der Waals surface area contributed by atoms with E-state index < -0.39 is 22.0 Å². The normalized spacial score (nSPS) is 20.3. The number of methoxy groups -OCH3 is 2. The molecule has 2 atom stereocenters. The molecular formula is C24H29N3O7S. The number of fused-ring (bicyclic) bond motifs is 1. The van der Waals surface area contributed by atoms with Crippen LogP contribution in [0.3, 0.4) is 0 Å². The molecule has 0 spiro atoms. The number of benzene rings is 2. The van der Waals surface area contributed by atoms with Crippen molar-refractivity contribution in [2.24, 2.45) is 5.92 Å². The van der Waals surface area contributed by atoms with Crippen LogP contribution in [0.15, 0.2) is 35.2 Å². The molecule has 2 aromatic rings. The van der Waals surface area contributed by atoms with E-state index in [1.54, 1.807) is 38.1 Å². The summed E-state index contributed by atoms with van der Waals surface area (Å²) in [6.45, 7) is 3.64. The van der Waals surface area contributed by atoms with Gasteiger partial charge in [-0.2, -0.15) is 4.31 Å². The van der Waals surface area contributed by atoms with Crippen molar-refractivity contribution in [3.05, 3.63) is 35.9 Å². The van der Waals surface area contributed by atoms with Crippen LogP contribution in [0.4, 0.5) is 11.4 Å². The molecular weight excluding hydrogens is 474 g/mol. The molecule has 0 radical (unpaired) electrons. The van der Waals surface area contributed by atoms with Gasteiger partial charge in [0.05, 0.1) is 30.7 Å². The molecule has 4 rings (SSSR count). The van der Waals surface area contributed by atoms with Crippen LogP contribution in [0.5, 0.6) is 17.2 Å². The van der Waals surface area contributed by atoms with Gasteiger partial charge in [-0.25, -0.2) is 8.42 Å². The number of rotatable bonds is 6. The van der Waals surface area contributed by atoms with Crippen LogP contribution in [0, 0.1) is 12.8 Å². The molecule has 2 aliphatic rings. The van der Waals surface area contributed by atoms with Gasteiger partial charge in [0.1, 0.15) is 5.75 Å². The molecule has 10 nitrogen and oxygen atoms in total. The molecule has 11 heteroatoms. The zero-order chi connectivity index (χ0) is 25.3. The highest BCUT2D eigenvalue weighted by Gasteiger charge is 2.35. The zero-order valence-electron chi connectivity index (χ0n) is 20.1. The van der Waals surface area contributed by atoms with Crippen molar-refractivity contribution in [2.75, 3.05) is 37.9 Å². The fourth-order valence-electron chi connectivity index (χ4n) is 4.29. The maximum atomic E-state index is 13.5. The number of nitrogens with zero attached hydrogens (tertiary/aromatic N) is 1. The van der Waals surface area contributed by atoms with Crippen LogP contribution in [0.25, 0.3) is 0 Å². The highest BCUT2D eigenvalue weighted by atomic mass is 32.2. The Morgan fingerprint density at radius 2 is 1.91 bits per heavy atom. The number of anilines is 2. The van der Waals surface area contributed by atoms with Crippen molar-refractivity contribution in [3.8, 4) is 17.2 Å². The smallest absolute Gasteiger partial charge is 0.265 e. The molecule has 0 aromatic heterocycles. The third-order valence-corrected chi connectivity index (χ3v) is 8.24. The highest BCUT2D eigenvalue weighted by molar-refractivity contribution is 7.89. The number of carbonyl (C=O) groups excluding carboxylic acids is 2. The van der Waals surface area contributed by atoms with Crippen LogP contribution in [-0.4, -0.2) is 58.0 Å². The van der Waals surface area contributed by atoms with Crippen molar-refractivity contribution in [1.29, 1.82) is 0 Å². The Morgan fingerprint density at radius 1 is 1.17 bits per heavy atom. The van der Waals surface area contributed by atoms with Gasteiger partial charge in [0.15, 0.2) is 17.6 Å².